The van der Waals surface area contributed by atoms with Crippen LogP contribution in [0.25, 0.3) is 5.69 Å². The Morgan fingerprint density at radius 1 is 1.16 bits per heavy atom. The van der Waals surface area contributed by atoms with Crippen LogP contribution in [0.3, 0.4) is 0 Å². The summed E-state index contributed by atoms with van der Waals surface area (Å²) in [5, 5.41) is 36.1. The molecule has 0 aliphatic carbocycles. The van der Waals surface area contributed by atoms with Gasteiger partial charge in [0.05, 0.1) is 24.3 Å². The van der Waals surface area contributed by atoms with Gasteiger partial charge < -0.3 is 20.6 Å². The van der Waals surface area contributed by atoms with Gasteiger partial charge in [-0.2, -0.15) is 5.10 Å². The van der Waals surface area contributed by atoms with E-state index in [0.717, 1.165) is 5.56 Å². The first kappa shape index (κ1) is 28.3. The first-order valence-electron chi connectivity index (χ1n) is 10.4. The zero-order valence-electron chi connectivity index (χ0n) is 18.0. The maximum atomic E-state index is 13.4. The number of nitrogens with zero attached hydrogens (tertiary/aromatic N) is 2. The van der Waals surface area contributed by atoms with E-state index in [9.17, 15) is 24.2 Å². The number of hydrogen-bond donors (Lipinski definition) is 4. The Bertz CT molecular complexity index is 902. The van der Waals surface area contributed by atoms with Crippen molar-refractivity contribution in [2.45, 2.75) is 64.6 Å². The zero-order valence-corrected chi connectivity index (χ0v) is 18.0. The average Bonchev–Trinajstić information content (AvgIpc) is 3.06. The first-order chi connectivity index (χ1) is 14.6. The van der Waals surface area contributed by atoms with Gasteiger partial charge in [0.25, 0.3) is 5.91 Å². The monoisotopic (exact) mass is 459 g/mol. The number of aromatic nitrogens is 2. The van der Waals surface area contributed by atoms with Gasteiger partial charge in [0.2, 0.25) is 0 Å². The number of carboxylic acids is 1. The third-order valence-corrected chi connectivity index (χ3v) is 4.89. The van der Waals surface area contributed by atoms with E-state index in [-0.39, 0.29) is 59.9 Å². The molecule has 2 aromatic rings. The molecule has 4 N–H and O–H groups in total. The van der Waals surface area contributed by atoms with Crippen LogP contribution >= 0.6 is 0 Å². The summed E-state index contributed by atoms with van der Waals surface area (Å²) in [6.07, 6.45) is -2.03. The van der Waals surface area contributed by atoms with E-state index < -0.39 is 30.4 Å². The van der Waals surface area contributed by atoms with Crippen molar-refractivity contribution in [1.29, 1.82) is 0 Å². The fraction of sp³-hybridized carbons (Fsp3) is 0.500. The van der Waals surface area contributed by atoms with E-state index in [1.54, 1.807) is 16.8 Å². The molecule has 1 aromatic carbocycles. The predicted molar refractivity (Wildman–Crippen MR) is 120 cm³/mol. The molecule has 0 fully saturated rings. The second-order valence-electron chi connectivity index (χ2n) is 7.79. The van der Waals surface area contributed by atoms with Gasteiger partial charge in [-0.15, -0.1) is 0 Å². The van der Waals surface area contributed by atoms with Crippen LogP contribution in [0, 0.1) is 5.82 Å². The van der Waals surface area contributed by atoms with Crippen molar-refractivity contribution >= 4 is 41.4 Å². The van der Waals surface area contributed by atoms with Crippen molar-refractivity contribution in [3.63, 3.8) is 0 Å². The number of carboxylic acid groups (broad SMARTS) is 1. The van der Waals surface area contributed by atoms with E-state index in [1.807, 2.05) is 20.8 Å². The number of aliphatic hydroxyl groups is 2. The fourth-order valence-corrected chi connectivity index (χ4v) is 3.54. The van der Waals surface area contributed by atoms with Gasteiger partial charge in [-0.1, -0.05) is 13.8 Å². The van der Waals surface area contributed by atoms with Crippen molar-refractivity contribution in [2.75, 3.05) is 6.54 Å². The van der Waals surface area contributed by atoms with Gasteiger partial charge in [-0.3, -0.25) is 9.59 Å². The Labute approximate surface area is 209 Å². The molecule has 1 amide bonds. The Kier molecular flexibility index (Phi) is 11.5. The second kappa shape index (κ2) is 13.1. The molecule has 2 rings (SSSR count). The van der Waals surface area contributed by atoms with Crippen molar-refractivity contribution in [3.8, 4) is 5.69 Å². The summed E-state index contributed by atoms with van der Waals surface area (Å²) >= 11 is 0. The second-order valence-corrected chi connectivity index (χ2v) is 7.79. The summed E-state index contributed by atoms with van der Waals surface area (Å²) in [5.41, 5.74) is 2.29. The molecule has 0 unspecified atom stereocenters. The number of amides is 1. The van der Waals surface area contributed by atoms with Crippen LogP contribution in [-0.2, 0) is 11.2 Å². The van der Waals surface area contributed by atoms with E-state index >= 15 is 0 Å². The first-order valence-corrected chi connectivity index (χ1v) is 10.4. The number of benzene rings is 1. The number of aliphatic carboxylic acids is 1. The molecule has 0 radical (unpaired) electrons. The van der Waals surface area contributed by atoms with E-state index in [1.165, 1.54) is 12.1 Å². The van der Waals surface area contributed by atoms with Gasteiger partial charge in [0, 0.05) is 17.8 Å². The SMILES string of the molecule is CCNC(=O)c1nn(-c2ccc(F)cc2)c(CC[C@@H](O)C[C@@H](O)CC(=O)O)c1C(C)C.[NaH]. The molecule has 1 aromatic heterocycles. The molecule has 0 spiro atoms. The number of halogens is 1. The van der Waals surface area contributed by atoms with Gasteiger partial charge in [-0.25, -0.2) is 9.07 Å². The summed E-state index contributed by atoms with van der Waals surface area (Å²) in [6.45, 7) is 6.12. The third-order valence-electron chi connectivity index (χ3n) is 4.89. The molecule has 10 heteroatoms. The number of nitrogens with one attached hydrogen (secondary N) is 1. The molecule has 0 saturated carbocycles. The molecule has 1 heterocycles. The van der Waals surface area contributed by atoms with Crippen LogP contribution in [0.15, 0.2) is 24.3 Å². The summed E-state index contributed by atoms with van der Waals surface area (Å²) in [7, 11) is 0. The van der Waals surface area contributed by atoms with E-state index in [0.29, 0.717) is 24.3 Å². The molecule has 0 saturated heterocycles. The van der Waals surface area contributed by atoms with E-state index in [2.05, 4.69) is 10.4 Å². The van der Waals surface area contributed by atoms with Gasteiger partial charge in [0.1, 0.15) is 5.82 Å². The predicted octanol–water partition coefficient (Wildman–Crippen LogP) is 1.76. The third kappa shape index (κ3) is 7.67. The molecule has 0 bridgehead atoms. The quantitative estimate of drug-likeness (QED) is 0.380. The topological polar surface area (TPSA) is 125 Å². The van der Waals surface area contributed by atoms with E-state index in [4.69, 9.17) is 5.11 Å². The number of aliphatic hydroxyl groups excluding tert-OH is 2. The summed E-state index contributed by atoms with van der Waals surface area (Å²) in [6, 6.07) is 5.73. The molecule has 172 valence electrons. The number of carbonyl (C=O) groups is 2. The molecule has 2 atom stereocenters. The molecule has 32 heavy (non-hydrogen) atoms. The number of carbonyl (C=O) groups excluding carboxylic acids is 1. The van der Waals surface area contributed by atoms with Crippen LogP contribution in [-0.4, -0.2) is 85.3 Å². The number of rotatable bonds is 11. The molecule has 8 nitrogen and oxygen atoms in total. The number of hydrogen-bond acceptors (Lipinski definition) is 5. The van der Waals surface area contributed by atoms with Gasteiger partial charge in [0.15, 0.2) is 5.69 Å². The Morgan fingerprint density at radius 3 is 2.31 bits per heavy atom. The molecule has 0 aliphatic heterocycles. The van der Waals surface area contributed by atoms with Crippen molar-refractivity contribution < 1.29 is 29.3 Å². The molecular weight excluding hydrogens is 428 g/mol. The average molecular weight is 459 g/mol. The van der Waals surface area contributed by atoms with Crippen molar-refractivity contribution in [1.82, 2.24) is 15.1 Å². The van der Waals surface area contributed by atoms with Crippen LogP contribution in [0.4, 0.5) is 4.39 Å². The van der Waals surface area contributed by atoms with Gasteiger partial charge >= 0.3 is 35.5 Å². The van der Waals surface area contributed by atoms with Crippen molar-refractivity contribution in [3.05, 3.63) is 47.0 Å². The molecule has 0 aliphatic rings. The van der Waals surface area contributed by atoms with Crippen LogP contribution in [0.1, 0.15) is 67.7 Å². The van der Waals surface area contributed by atoms with Crippen LogP contribution in [0.5, 0.6) is 0 Å². The standard InChI is InChI=1S/C22H30FN3O5.Na.H/c1-4-24-22(31)21-20(13(2)3)18(10-9-16(27)11-17(28)12-19(29)30)26(25-21)15-7-5-14(23)6-8-15;;/h5-8,13,16-17,27-28H,4,9-12H2,1-3H3,(H,24,31)(H,29,30);;/t16-,17-;;/m1../s1. The van der Waals surface area contributed by atoms with Crippen molar-refractivity contribution in [2.24, 2.45) is 0 Å². The summed E-state index contributed by atoms with van der Waals surface area (Å²) in [4.78, 5) is 23.3. The minimum atomic E-state index is -1.15. The Hall–Kier alpha value is -1.78. The van der Waals surface area contributed by atoms with Crippen LogP contribution in [0.2, 0.25) is 0 Å². The fourth-order valence-electron chi connectivity index (χ4n) is 3.54. The van der Waals surface area contributed by atoms with Gasteiger partial charge in [-0.05, 0) is 56.4 Å². The normalized spacial score (nSPS) is 12.8. The summed E-state index contributed by atoms with van der Waals surface area (Å²) < 4.78 is 15.0. The Morgan fingerprint density at radius 2 is 1.78 bits per heavy atom. The summed E-state index contributed by atoms with van der Waals surface area (Å²) in [5.74, 6) is -1.89. The maximum absolute atomic E-state index is 13.4. The minimum absolute atomic E-state index is 0. The Balaban J connectivity index is 0.00000512. The van der Waals surface area contributed by atoms with Crippen LogP contribution < -0.4 is 5.32 Å². The molecular formula is C22H31FN3NaO5. The zero-order chi connectivity index (χ0) is 23.1.